The van der Waals surface area contributed by atoms with Gasteiger partial charge in [0.15, 0.2) is 5.65 Å². The Morgan fingerprint density at radius 1 is 1.28 bits per heavy atom. The minimum Gasteiger partial charge on any atom is -0.342 e. The molecule has 8 heteroatoms. The van der Waals surface area contributed by atoms with Crippen molar-refractivity contribution < 1.29 is 9.59 Å². The van der Waals surface area contributed by atoms with Gasteiger partial charge in [-0.1, -0.05) is 0 Å². The highest BCUT2D eigenvalue weighted by Crippen LogP contribution is 2.40. The number of aryl methyl sites for hydroxylation is 1. The second kappa shape index (κ2) is 6.71. The fraction of sp³-hybridized carbons (Fsp3) is 0.619. The van der Waals surface area contributed by atoms with Gasteiger partial charge in [0.05, 0.1) is 0 Å². The van der Waals surface area contributed by atoms with E-state index in [1.165, 1.54) is 23.6 Å². The number of H-pyrrole nitrogens is 1. The van der Waals surface area contributed by atoms with Gasteiger partial charge in [-0.3, -0.25) is 19.5 Å². The fourth-order valence-electron chi connectivity index (χ4n) is 4.99. The van der Waals surface area contributed by atoms with Gasteiger partial charge >= 0.3 is 0 Å². The molecule has 29 heavy (non-hydrogen) atoms. The zero-order valence-electron chi connectivity index (χ0n) is 16.8. The molecule has 8 nitrogen and oxygen atoms in total. The van der Waals surface area contributed by atoms with Crippen molar-refractivity contribution in [2.45, 2.75) is 45.4 Å². The maximum absolute atomic E-state index is 13.2. The molecule has 0 aromatic carbocycles. The number of hydrogen-bond donors (Lipinski definition) is 1. The summed E-state index contributed by atoms with van der Waals surface area (Å²) in [7, 11) is 0. The van der Waals surface area contributed by atoms with Crippen molar-refractivity contribution in [1.82, 2.24) is 24.4 Å². The lowest BCUT2D eigenvalue weighted by atomic mass is 9.73. The van der Waals surface area contributed by atoms with Gasteiger partial charge in [0.2, 0.25) is 5.91 Å². The number of nitrogens with one attached hydrogen (secondary N) is 1. The molecular weight excluding hydrogens is 370 g/mol. The van der Waals surface area contributed by atoms with E-state index in [-0.39, 0.29) is 28.4 Å². The first kappa shape index (κ1) is 18.4. The van der Waals surface area contributed by atoms with E-state index in [1.54, 1.807) is 11.0 Å². The van der Waals surface area contributed by atoms with Crippen molar-refractivity contribution in [3.63, 3.8) is 0 Å². The van der Waals surface area contributed by atoms with E-state index in [0.29, 0.717) is 31.1 Å². The average molecular weight is 397 g/mol. The highest BCUT2D eigenvalue weighted by Gasteiger charge is 2.44. The minimum atomic E-state index is -0.359. The number of nitrogens with zero attached hydrogens (tertiary/aromatic N) is 4. The fourth-order valence-corrected chi connectivity index (χ4v) is 4.99. The first-order valence-electron chi connectivity index (χ1n) is 10.6. The summed E-state index contributed by atoms with van der Waals surface area (Å²) in [4.78, 5) is 46.5. The Hall–Kier alpha value is -2.64. The van der Waals surface area contributed by atoms with Crippen LogP contribution in [0.5, 0.6) is 0 Å². The van der Waals surface area contributed by atoms with Crippen LogP contribution >= 0.6 is 0 Å². The van der Waals surface area contributed by atoms with Crippen molar-refractivity contribution in [1.29, 1.82) is 0 Å². The first-order chi connectivity index (χ1) is 13.9. The van der Waals surface area contributed by atoms with E-state index in [2.05, 4.69) is 10.1 Å². The number of carbonyl (C=O) groups is 2. The summed E-state index contributed by atoms with van der Waals surface area (Å²) < 4.78 is 1.33. The molecule has 3 fully saturated rings. The number of amides is 2. The average Bonchev–Trinajstić information content (AvgIpc) is 3.43. The van der Waals surface area contributed by atoms with Gasteiger partial charge in [-0.25, -0.2) is 9.50 Å². The monoisotopic (exact) mass is 397 g/mol. The summed E-state index contributed by atoms with van der Waals surface area (Å²) in [5, 5.41) is 2.94. The summed E-state index contributed by atoms with van der Waals surface area (Å²) >= 11 is 0. The topological polar surface area (TPSA) is 90.8 Å². The number of fused-ring (bicyclic) bond motifs is 1. The molecule has 2 saturated heterocycles. The van der Waals surface area contributed by atoms with E-state index in [0.717, 1.165) is 38.0 Å². The van der Waals surface area contributed by atoms with Crippen LogP contribution in [0.4, 0.5) is 0 Å². The highest BCUT2D eigenvalue weighted by atomic mass is 16.2. The van der Waals surface area contributed by atoms with Gasteiger partial charge in [-0.15, -0.1) is 0 Å². The zero-order valence-corrected chi connectivity index (χ0v) is 16.8. The van der Waals surface area contributed by atoms with Crippen LogP contribution in [0.1, 0.15) is 54.6 Å². The Bertz CT molecular complexity index is 1040. The van der Waals surface area contributed by atoms with Crippen molar-refractivity contribution in [3.05, 3.63) is 33.9 Å². The highest BCUT2D eigenvalue weighted by molar-refractivity contribution is 5.94. The summed E-state index contributed by atoms with van der Waals surface area (Å²) in [6, 6.07) is 1.78. The number of hydrogen-bond acceptors (Lipinski definition) is 4. The third kappa shape index (κ3) is 3.34. The van der Waals surface area contributed by atoms with Crippen molar-refractivity contribution in [2.75, 3.05) is 26.2 Å². The number of aromatic nitrogens is 3. The lowest BCUT2D eigenvalue weighted by Gasteiger charge is -2.48. The molecule has 2 aromatic rings. The van der Waals surface area contributed by atoms with Crippen LogP contribution < -0.4 is 5.56 Å². The van der Waals surface area contributed by atoms with Crippen LogP contribution in [0, 0.1) is 18.3 Å². The Morgan fingerprint density at radius 2 is 2.10 bits per heavy atom. The Kier molecular flexibility index (Phi) is 4.26. The van der Waals surface area contributed by atoms with Gasteiger partial charge in [0.25, 0.3) is 11.5 Å². The van der Waals surface area contributed by atoms with Gasteiger partial charge < -0.3 is 9.80 Å². The third-order valence-electron chi connectivity index (χ3n) is 6.72. The van der Waals surface area contributed by atoms with E-state index >= 15 is 0 Å². The molecule has 0 unspecified atom stereocenters. The van der Waals surface area contributed by atoms with Crippen molar-refractivity contribution >= 4 is 17.5 Å². The van der Waals surface area contributed by atoms with Crippen LogP contribution in [0.25, 0.3) is 5.65 Å². The quantitative estimate of drug-likeness (QED) is 0.851. The summed E-state index contributed by atoms with van der Waals surface area (Å²) in [5.41, 5.74) is 1.03. The van der Waals surface area contributed by atoms with Crippen LogP contribution in [0.15, 0.2) is 17.1 Å². The Labute approximate surface area is 168 Å². The first-order valence-corrected chi connectivity index (χ1v) is 10.6. The number of piperidine rings is 2. The molecular formula is C21H27N5O3. The van der Waals surface area contributed by atoms with Crippen LogP contribution in [-0.2, 0) is 4.79 Å². The third-order valence-corrected chi connectivity index (χ3v) is 6.72. The molecule has 1 atom stereocenters. The molecule has 5 rings (SSSR count). The molecule has 2 amide bonds. The van der Waals surface area contributed by atoms with Crippen molar-refractivity contribution in [3.8, 4) is 0 Å². The zero-order chi connectivity index (χ0) is 20.2. The Morgan fingerprint density at radius 3 is 2.90 bits per heavy atom. The number of aromatic amines is 1. The van der Waals surface area contributed by atoms with Gasteiger partial charge in [0, 0.05) is 56.0 Å². The predicted octanol–water partition coefficient (Wildman–Crippen LogP) is 1.59. The predicted molar refractivity (Wildman–Crippen MR) is 107 cm³/mol. The normalized spacial score (nSPS) is 25.2. The lowest BCUT2D eigenvalue weighted by molar-refractivity contribution is -0.139. The van der Waals surface area contributed by atoms with E-state index in [9.17, 15) is 14.4 Å². The van der Waals surface area contributed by atoms with E-state index in [4.69, 9.17) is 0 Å². The van der Waals surface area contributed by atoms with Gasteiger partial charge in [-0.05, 0) is 44.9 Å². The lowest BCUT2D eigenvalue weighted by Crippen LogP contribution is -2.55. The summed E-state index contributed by atoms with van der Waals surface area (Å²) in [6.45, 7) is 4.69. The second-order valence-corrected chi connectivity index (χ2v) is 9.16. The second-order valence-electron chi connectivity index (χ2n) is 9.16. The molecule has 1 spiro atoms. The van der Waals surface area contributed by atoms with E-state index < -0.39 is 0 Å². The van der Waals surface area contributed by atoms with Crippen LogP contribution in [0.2, 0.25) is 0 Å². The standard InChI is InChI=1S/C21H27N5O3/c1-14-9-17-22-10-16(20(29)26(17)23-14)19(28)24-8-2-6-21(12-24)7-5-18(27)25(13-21)11-15-3-4-15/h9-10,15,23H,2-8,11-13H2,1H3/t21-/m1/s1. The van der Waals surface area contributed by atoms with Gasteiger partial charge in [0.1, 0.15) is 5.56 Å². The van der Waals surface area contributed by atoms with Crippen molar-refractivity contribution in [2.24, 2.45) is 11.3 Å². The molecule has 1 N–H and O–H groups in total. The summed E-state index contributed by atoms with van der Waals surface area (Å²) in [6.07, 6.45) is 7.15. The molecule has 0 radical (unpaired) electrons. The maximum atomic E-state index is 13.2. The molecule has 3 aliphatic rings. The molecule has 2 aliphatic heterocycles. The van der Waals surface area contributed by atoms with Gasteiger partial charge in [-0.2, -0.15) is 0 Å². The smallest absolute Gasteiger partial charge is 0.285 e. The molecule has 4 heterocycles. The number of likely N-dealkylation sites (tertiary alicyclic amines) is 2. The molecule has 0 bridgehead atoms. The molecule has 1 aliphatic carbocycles. The Balaban J connectivity index is 1.37. The largest absolute Gasteiger partial charge is 0.342 e. The molecule has 154 valence electrons. The minimum absolute atomic E-state index is 0.0482. The maximum Gasteiger partial charge on any atom is 0.285 e. The number of rotatable bonds is 3. The van der Waals surface area contributed by atoms with E-state index in [1.807, 2.05) is 11.8 Å². The molecule has 2 aromatic heterocycles. The summed E-state index contributed by atoms with van der Waals surface area (Å²) in [5.74, 6) is 0.660. The SMILES string of the molecule is Cc1cc2ncc(C(=O)N3CCC[C@@]4(CCC(=O)N(CC5CC5)C4)C3)c(=O)n2[nH]1. The molecule has 1 saturated carbocycles. The number of carbonyl (C=O) groups excluding carboxylic acids is 2. The van der Waals surface area contributed by atoms with Crippen LogP contribution in [-0.4, -0.2) is 62.4 Å². The van der Waals surface area contributed by atoms with Crippen LogP contribution in [0.3, 0.4) is 0 Å².